The second-order valence-corrected chi connectivity index (χ2v) is 28.1. The van der Waals surface area contributed by atoms with E-state index in [4.69, 9.17) is 4.74 Å². The molecule has 422 valence electrons. The number of benzene rings is 2. The van der Waals surface area contributed by atoms with Crippen molar-refractivity contribution in [1.82, 2.24) is 0 Å². The predicted octanol–water partition coefficient (Wildman–Crippen LogP) is 13.8. The predicted molar refractivity (Wildman–Crippen MR) is 314 cm³/mol. The topological polar surface area (TPSA) is 87.0 Å². The molecule has 76 heavy (non-hydrogen) atoms. The first-order valence-corrected chi connectivity index (χ1v) is 29.9. The Morgan fingerprint density at radius 2 is 1.07 bits per heavy atom. The molecule has 1 heterocycles. The second kappa shape index (κ2) is 25.9. The van der Waals surface area contributed by atoms with Crippen LogP contribution in [0.3, 0.4) is 0 Å². The normalized spacial score (nSPS) is 40.1. The van der Waals surface area contributed by atoms with Crippen LogP contribution in [0.25, 0.3) is 0 Å². The van der Waals surface area contributed by atoms with Crippen molar-refractivity contribution in [1.29, 1.82) is 0 Å². The summed E-state index contributed by atoms with van der Waals surface area (Å²) in [6.07, 6.45) is 30.6. The first kappa shape index (κ1) is 65.5. The van der Waals surface area contributed by atoms with E-state index in [1.807, 2.05) is 69.3 Å². The van der Waals surface area contributed by atoms with E-state index in [0.29, 0.717) is 45.7 Å². The molecule has 2 aromatic rings. The third-order valence-corrected chi connectivity index (χ3v) is 23.5. The Morgan fingerprint density at radius 3 is 1.50 bits per heavy atom. The number of allylic oxidation sites excluding steroid dienone is 2. The van der Waals surface area contributed by atoms with Crippen LogP contribution in [0.5, 0.6) is 0 Å². The first-order valence-electron chi connectivity index (χ1n) is 29.9. The third kappa shape index (κ3) is 13.1. The fraction of sp³-hybridized carbons (Fsp3) is 0.739. The zero-order valence-electron chi connectivity index (χ0n) is 48.9. The van der Waals surface area contributed by atoms with Gasteiger partial charge in [-0.3, -0.25) is 4.79 Å². The summed E-state index contributed by atoms with van der Waals surface area (Å²) in [4.78, 5) is 12.7. The average molecular weight is 1120 g/mol. The monoisotopic (exact) mass is 1120 g/mol. The van der Waals surface area contributed by atoms with Gasteiger partial charge in [0.25, 0.3) is 0 Å². The number of rotatable bonds is 10. The Morgan fingerprint density at radius 1 is 0.632 bits per heavy atom. The molecular formula is C69H107BrMgO5. The maximum Gasteiger partial charge on any atom is 2.00 e. The number of Topliss-reactive ketones (excluding diaryl/α,β-unsaturated/α-hetero) is 1. The van der Waals surface area contributed by atoms with Crippen LogP contribution in [0.1, 0.15) is 227 Å². The van der Waals surface area contributed by atoms with E-state index in [-0.39, 0.29) is 54.9 Å². The van der Waals surface area contributed by atoms with Crippen molar-refractivity contribution in [3.05, 3.63) is 103 Å². The second-order valence-electron chi connectivity index (χ2n) is 28.1. The Labute approximate surface area is 491 Å². The third-order valence-electron chi connectivity index (χ3n) is 23.5. The Hall–Kier alpha value is -1.32. The Balaban J connectivity index is 0.000000245. The number of ketones is 1. The van der Waals surface area contributed by atoms with Crippen LogP contribution in [-0.4, -0.2) is 68.6 Å². The number of ether oxygens (including phenoxy) is 1. The van der Waals surface area contributed by atoms with E-state index in [1.54, 1.807) is 11.1 Å². The SMILES string of the molecule is C.C1CCOC1.C[C@H](CCC(=O)c1ccccc1)[C@H]1CC[C@H]2[C@@H]3CC=C4C[C@@](C)(O)CC[C@]4(C)[C@H]3CC[C@]12C.C[C@H](CCC(C)(O)c1ccccc1)[C@H]1CC[C@H]2[C@@H]3CC=C4C[C@@](C)(O)CC[C@]4(C)[C@H]3CC[C@]12C.[Br-].[CH3-].[Mg+2]. The van der Waals surface area contributed by atoms with Crippen molar-refractivity contribution in [3.63, 3.8) is 0 Å². The van der Waals surface area contributed by atoms with Gasteiger partial charge in [0.2, 0.25) is 0 Å². The summed E-state index contributed by atoms with van der Waals surface area (Å²) in [5.74, 6) is 7.97. The van der Waals surface area contributed by atoms with E-state index in [1.165, 1.54) is 77.0 Å². The molecular weight excluding hydrogens is 1010 g/mol. The minimum atomic E-state index is -0.743. The van der Waals surface area contributed by atoms with Gasteiger partial charge in [-0.25, -0.2) is 0 Å². The summed E-state index contributed by atoms with van der Waals surface area (Å²) in [6, 6.07) is 20.0. The van der Waals surface area contributed by atoms with E-state index >= 15 is 0 Å². The molecule has 0 amide bonds. The van der Waals surface area contributed by atoms with Gasteiger partial charge >= 0.3 is 23.1 Å². The maximum absolute atomic E-state index is 12.7. The maximum atomic E-state index is 12.7. The molecule has 7 fully saturated rings. The molecule has 8 aliphatic carbocycles. The number of hydrogen-bond acceptors (Lipinski definition) is 5. The summed E-state index contributed by atoms with van der Waals surface area (Å²) in [6.45, 7) is 23.2. The molecule has 0 spiro atoms. The van der Waals surface area contributed by atoms with Crippen LogP contribution in [0.15, 0.2) is 84.0 Å². The molecule has 1 saturated heterocycles. The number of carbonyl (C=O) groups is 1. The van der Waals surface area contributed by atoms with Crippen LogP contribution in [0, 0.1) is 88.3 Å². The van der Waals surface area contributed by atoms with E-state index in [9.17, 15) is 20.1 Å². The van der Waals surface area contributed by atoms with Crippen LogP contribution in [-0.2, 0) is 10.3 Å². The largest absolute Gasteiger partial charge is 2.00 e. The summed E-state index contributed by atoms with van der Waals surface area (Å²) < 4.78 is 4.94. The van der Waals surface area contributed by atoms with Crippen molar-refractivity contribution in [2.75, 3.05) is 13.2 Å². The van der Waals surface area contributed by atoms with Gasteiger partial charge in [0.15, 0.2) is 5.78 Å². The number of hydrogen-bond donors (Lipinski definition) is 3. The van der Waals surface area contributed by atoms with Crippen molar-refractivity contribution < 1.29 is 41.8 Å². The van der Waals surface area contributed by atoms with Crippen molar-refractivity contribution in [2.45, 2.75) is 228 Å². The minimum Gasteiger partial charge on any atom is -1.00 e. The molecule has 2 aromatic carbocycles. The van der Waals surface area contributed by atoms with Crippen LogP contribution < -0.4 is 17.0 Å². The van der Waals surface area contributed by atoms with Crippen molar-refractivity contribution in [3.8, 4) is 0 Å². The van der Waals surface area contributed by atoms with Gasteiger partial charge in [-0.1, -0.05) is 133 Å². The molecule has 5 nitrogen and oxygen atoms in total. The fourth-order valence-corrected chi connectivity index (χ4v) is 19.0. The summed E-state index contributed by atoms with van der Waals surface area (Å²) in [5, 5.41) is 32.6. The fourth-order valence-electron chi connectivity index (χ4n) is 19.0. The van der Waals surface area contributed by atoms with E-state index in [2.05, 4.69) is 65.8 Å². The van der Waals surface area contributed by atoms with E-state index in [0.717, 1.165) is 129 Å². The Bertz CT molecular complexity index is 2230. The average Bonchev–Trinajstić information content (AvgIpc) is 4.14. The van der Waals surface area contributed by atoms with E-state index < -0.39 is 16.8 Å². The van der Waals surface area contributed by atoms with Gasteiger partial charge in [0, 0.05) is 25.2 Å². The molecule has 0 aromatic heterocycles. The molecule has 7 heteroatoms. The smallest absolute Gasteiger partial charge is 1.00 e. The van der Waals surface area contributed by atoms with Gasteiger partial charge in [0.1, 0.15) is 0 Å². The molecule has 3 N–H and O–H groups in total. The standard InChI is InChI=1S/C32H48O2.C31H44O2.C4H8O.CH4.CH3.BrH.Mg/c1-22(15-18-32(5,34)23-9-7-6-8-10-23)26-13-14-27-25-12-11-24-21-29(2,33)19-20-30(24,3)28(25)16-17-31(26,27)4;1-21(10-15-28(32)22-8-6-5-7-9-22)25-13-14-26-24-12-11-23-20-29(2,33)18-19-30(23,3)27(24)16-17-31(25,26)4;1-2-4-5-3-1;;;;/h6-11,22,25-28,33-34H,12-21H2,1-5H3;5-9,11,21,24-27,33H,10,12-20H2,1-4H3;1-4H2;1H4;1H3;1H;/q;;;;-1;;+2/p-1/t22-,25+,26-,27+,28+,29+,30+,31-,32?;21-,24+,25-,26+,27+,29+,30+,31-;;;;;/m11...../s1. The molecule has 17 atom stereocenters. The molecule has 0 bridgehead atoms. The zero-order valence-corrected chi connectivity index (χ0v) is 51.9. The number of carbonyl (C=O) groups excluding carboxylic acids is 1. The van der Waals surface area contributed by atoms with Gasteiger partial charge < -0.3 is 44.5 Å². The quantitative estimate of drug-likeness (QED) is 0.0955. The minimum absolute atomic E-state index is 0. The number of fused-ring (bicyclic) bond motifs is 10. The molecule has 1 unspecified atom stereocenters. The van der Waals surface area contributed by atoms with Gasteiger partial charge in [-0.05, 0) is 242 Å². The summed E-state index contributed by atoms with van der Waals surface area (Å²) in [5.41, 5.74) is 4.77. The Kier molecular flexibility index (Phi) is 22.3. The van der Waals surface area contributed by atoms with Crippen molar-refractivity contribution in [2.24, 2.45) is 80.8 Å². The zero-order chi connectivity index (χ0) is 51.3. The van der Waals surface area contributed by atoms with Gasteiger partial charge in [-0.2, -0.15) is 0 Å². The summed E-state index contributed by atoms with van der Waals surface area (Å²) in [7, 11) is 0. The molecule has 9 aliphatic rings. The van der Waals surface area contributed by atoms with Crippen LogP contribution >= 0.6 is 0 Å². The van der Waals surface area contributed by atoms with Crippen LogP contribution in [0.4, 0.5) is 0 Å². The number of halogens is 1. The number of aliphatic hydroxyl groups is 3. The molecule has 11 rings (SSSR count). The van der Waals surface area contributed by atoms with Gasteiger partial charge in [-0.15, -0.1) is 0 Å². The molecule has 6 saturated carbocycles. The molecule has 1 aliphatic heterocycles. The summed E-state index contributed by atoms with van der Waals surface area (Å²) >= 11 is 0. The van der Waals surface area contributed by atoms with Crippen molar-refractivity contribution >= 4 is 28.8 Å². The van der Waals surface area contributed by atoms with Gasteiger partial charge in [0.05, 0.1) is 16.8 Å². The first-order chi connectivity index (χ1) is 34.1. The van der Waals surface area contributed by atoms with Crippen LogP contribution in [0.2, 0.25) is 0 Å². The molecule has 0 radical (unpaired) electrons.